The first-order chi connectivity index (χ1) is 34.0. The van der Waals surface area contributed by atoms with Gasteiger partial charge in [-0.2, -0.15) is 5.26 Å². The number of hydrogen-bond donors (Lipinski definition) is 0. The maximum absolute atomic E-state index is 10.1. The van der Waals surface area contributed by atoms with Crippen LogP contribution in [-0.2, 0) is 9.84 Å². The fourth-order valence-corrected chi connectivity index (χ4v) is 19.9. The van der Waals surface area contributed by atoms with Crippen LogP contribution in [0.5, 0.6) is 5.75 Å². The number of ether oxygens (including phenoxy) is 1. The Morgan fingerprint density at radius 3 is 1.82 bits per heavy atom. The van der Waals surface area contributed by atoms with Gasteiger partial charge in [0.1, 0.15) is 5.75 Å². The lowest BCUT2D eigenvalue weighted by atomic mass is 9.48. The largest absolute Gasteiger partial charge is 0.496 e. The summed E-state index contributed by atoms with van der Waals surface area (Å²) < 4.78 is 13.9. The Labute approximate surface area is 432 Å². The molecule has 0 heterocycles. The van der Waals surface area contributed by atoms with E-state index in [4.69, 9.17) is 9.16 Å². The minimum atomic E-state index is -2.78. The van der Waals surface area contributed by atoms with Gasteiger partial charge < -0.3 is 14.1 Å². The van der Waals surface area contributed by atoms with Crippen molar-refractivity contribution in [3.05, 3.63) is 172 Å². The maximum Gasteiger partial charge on any atom is 0.261 e. The Morgan fingerprint density at radius 1 is 0.732 bits per heavy atom. The lowest BCUT2D eigenvalue weighted by Crippen LogP contribution is -2.67. The van der Waals surface area contributed by atoms with Gasteiger partial charge >= 0.3 is 0 Å². The molecule has 0 spiro atoms. The average Bonchev–Trinajstić information content (AvgIpc) is 3.34. The number of nitrogens with zero attached hydrogens (tertiary/aromatic N) is 2. The highest BCUT2D eigenvalue weighted by atomic mass is 32.2. The minimum absolute atomic E-state index is 0.0269. The van der Waals surface area contributed by atoms with Gasteiger partial charge in [0.15, 0.2) is 0 Å². The number of methoxy groups -OCH3 is 1. The Balaban J connectivity index is 1.09. The molecule has 0 aromatic heterocycles. The van der Waals surface area contributed by atoms with Crippen molar-refractivity contribution in [2.45, 2.75) is 141 Å². The van der Waals surface area contributed by atoms with Crippen LogP contribution in [0.3, 0.4) is 0 Å². The zero-order valence-corrected chi connectivity index (χ0v) is 46.2. The van der Waals surface area contributed by atoms with E-state index in [0.717, 1.165) is 53.2 Å². The fourth-order valence-electron chi connectivity index (χ4n) is 13.8. The summed E-state index contributed by atoms with van der Waals surface area (Å²) >= 11 is 1.88. The monoisotopic (exact) mass is 979 g/mol. The van der Waals surface area contributed by atoms with Crippen LogP contribution >= 0.6 is 11.8 Å². The molecule has 4 saturated carbocycles. The molecule has 5 aromatic carbocycles. The van der Waals surface area contributed by atoms with Gasteiger partial charge in [-0.3, -0.25) is 0 Å². The van der Waals surface area contributed by atoms with E-state index in [1.165, 1.54) is 86.6 Å². The van der Waals surface area contributed by atoms with E-state index in [9.17, 15) is 5.26 Å². The Kier molecular flexibility index (Phi) is 14.9. The van der Waals surface area contributed by atoms with Crippen molar-refractivity contribution in [2.75, 3.05) is 25.2 Å². The summed E-state index contributed by atoms with van der Waals surface area (Å²) in [6, 6.07) is 47.5. The van der Waals surface area contributed by atoms with Crippen LogP contribution in [0.4, 0.5) is 11.4 Å². The summed E-state index contributed by atoms with van der Waals surface area (Å²) in [5, 5.41) is 12.6. The molecule has 370 valence electrons. The SMILES string of the molecule is COc1ccc(N(CCO[Si](c2ccccc2)(c2ccccc2)C(C)(C)C)c2ccc(/C=C/C3=C(Sc4c(C(C)C)cccc4C(C)C)C(=C/C#N)/CC(C)(C)C3)cc2)cc1C12CC3CC(CC(C3)C1)C2. The molecule has 5 aliphatic carbocycles. The van der Waals surface area contributed by atoms with Crippen LogP contribution in [0.2, 0.25) is 5.04 Å². The van der Waals surface area contributed by atoms with E-state index in [1.807, 2.05) is 18.9 Å². The highest BCUT2D eigenvalue weighted by molar-refractivity contribution is 8.03. The molecular weight excluding hydrogens is 901 g/mol. The molecule has 10 rings (SSSR count). The molecule has 4 bridgehead atoms. The number of rotatable bonds is 16. The molecule has 0 amide bonds. The summed E-state index contributed by atoms with van der Waals surface area (Å²) in [5.41, 5.74) is 10.3. The third-order valence-corrected chi connectivity index (χ3v) is 23.0. The number of hydrogen-bond acceptors (Lipinski definition) is 5. The molecule has 6 heteroatoms. The Morgan fingerprint density at radius 2 is 1.30 bits per heavy atom. The quantitative estimate of drug-likeness (QED) is 0.0728. The molecule has 4 fully saturated rings. The molecular formula is C65H78N2O2SSi. The summed E-state index contributed by atoms with van der Waals surface area (Å²) in [6.45, 7) is 22.2. The zero-order chi connectivity index (χ0) is 50.1. The van der Waals surface area contributed by atoms with Crippen LogP contribution in [0.25, 0.3) is 6.08 Å². The highest BCUT2D eigenvalue weighted by Gasteiger charge is 2.53. The van der Waals surface area contributed by atoms with Crippen LogP contribution < -0.4 is 20.0 Å². The maximum atomic E-state index is 10.1. The van der Waals surface area contributed by atoms with E-state index < -0.39 is 8.32 Å². The lowest BCUT2D eigenvalue weighted by Gasteiger charge is -2.57. The second-order valence-corrected chi connectivity index (χ2v) is 29.3. The van der Waals surface area contributed by atoms with Gasteiger partial charge in [-0.05, 0) is 165 Å². The molecule has 0 saturated heterocycles. The molecule has 5 aromatic rings. The van der Waals surface area contributed by atoms with Gasteiger partial charge in [0.25, 0.3) is 8.32 Å². The minimum Gasteiger partial charge on any atom is -0.496 e. The number of benzene rings is 5. The predicted molar refractivity (Wildman–Crippen MR) is 303 cm³/mol. The molecule has 71 heavy (non-hydrogen) atoms. The summed E-state index contributed by atoms with van der Waals surface area (Å²) in [6.07, 6.45) is 16.3. The van der Waals surface area contributed by atoms with Gasteiger partial charge in [-0.1, -0.05) is 177 Å². The molecule has 0 aliphatic heterocycles. The van der Waals surface area contributed by atoms with Gasteiger partial charge in [-0.15, -0.1) is 0 Å². The number of thioether (sulfide) groups is 1. The lowest BCUT2D eigenvalue weighted by molar-refractivity contribution is -0.00613. The van der Waals surface area contributed by atoms with Crippen molar-refractivity contribution >= 4 is 47.9 Å². The number of allylic oxidation sites excluding steroid dienone is 4. The van der Waals surface area contributed by atoms with Crippen molar-refractivity contribution in [3.63, 3.8) is 0 Å². The van der Waals surface area contributed by atoms with E-state index in [0.29, 0.717) is 25.0 Å². The van der Waals surface area contributed by atoms with E-state index in [2.05, 4.69) is 207 Å². The van der Waals surface area contributed by atoms with Gasteiger partial charge in [0, 0.05) is 39.4 Å². The Bertz CT molecular complexity index is 2710. The number of anilines is 2. The average molecular weight is 980 g/mol. The van der Waals surface area contributed by atoms with Crippen LogP contribution in [0.1, 0.15) is 148 Å². The first-order valence-electron chi connectivity index (χ1n) is 26.6. The van der Waals surface area contributed by atoms with Crippen molar-refractivity contribution < 1.29 is 9.16 Å². The first kappa shape index (κ1) is 50.9. The molecule has 0 N–H and O–H groups in total. The second kappa shape index (κ2) is 20.8. The summed E-state index contributed by atoms with van der Waals surface area (Å²) in [5.74, 6) is 4.32. The fraction of sp³-hybridized carbons (Fsp3) is 0.431. The van der Waals surface area contributed by atoms with E-state index in [-0.39, 0.29) is 15.9 Å². The third kappa shape index (κ3) is 10.4. The molecule has 0 radical (unpaired) electrons. The molecule has 4 nitrogen and oxygen atoms in total. The zero-order valence-electron chi connectivity index (χ0n) is 44.4. The van der Waals surface area contributed by atoms with Crippen molar-refractivity contribution in [1.82, 2.24) is 0 Å². The topological polar surface area (TPSA) is 45.5 Å². The predicted octanol–water partition coefficient (Wildman–Crippen LogP) is 16.5. The van der Waals surface area contributed by atoms with Crippen molar-refractivity contribution in [2.24, 2.45) is 23.2 Å². The van der Waals surface area contributed by atoms with Crippen molar-refractivity contribution in [3.8, 4) is 11.8 Å². The first-order valence-corrected chi connectivity index (χ1v) is 29.4. The summed E-state index contributed by atoms with van der Waals surface area (Å²) in [4.78, 5) is 5.08. The van der Waals surface area contributed by atoms with Crippen LogP contribution in [0, 0.1) is 34.5 Å². The third-order valence-electron chi connectivity index (χ3n) is 16.5. The molecule has 5 aliphatic rings. The van der Waals surface area contributed by atoms with Crippen LogP contribution in [-0.4, -0.2) is 28.6 Å². The second-order valence-electron chi connectivity index (χ2n) is 24.0. The van der Waals surface area contributed by atoms with Gasteiger partial charge in [0.05, 0.1) is 19.8 Å². The van der Waals surface area contributed by atoms with E-state index in [1.54, 1.807) is 6.08 Å². The smallest absolute Gasteiger partial charge is 0.261 e. The normalized spacial score (nSPS) is 22.5. The van der Waals surface area contributed by atoms with Crippen molar-refractivity contribution in [1.29, 1.82) is 5.26 Å². The highest BCUT2D eigenvalue weighted by Crippen LogP contribution is 2.62. The van der Waals surface area contributed by atoms with E-state index >= 15 is 0 Å². The Hall–Kier alpha value is -5.06. The molecule has 0 unspecified atom stereocenters. The molecule has 0 atom stereocenters. The summed E-state index contributed by atoms with van der Waals surface area (Å²) in [7, 11) is -0.918. The number of nitriles is 1. The van der Waals surface area contributed by atoms with Crippen LogP contribution in [0.15, 0.2) is 154 Å². The van der Waals surface area contributed by atoms with Gasteiger partial charge in [0.2, 0.25) is 0 Å². The van der Waals surface area contributed by atoms with Gasteiger partial charge in [-0.25, -0.2) is 0 Å². The standard InChI is InChI=1S/C65H78N2O2SSi/c1-45(2)57-22-17-23-58(46(3)4)62(57)70-61-51(43-64(8,9)44-52(61)32-33-66)27-24-47-25-28-53(29-26-47)67(34-35-69-71(63(5,6)7,55-18-13-11-14-19-55)56-20-15-12-16-21-56)54-30-31-60(68-10)59(39-54)65-40-48-36-49(41-65)38-50(37-48)42-65/h11-32,39,45-46,48-50H,34-38,40-44H2,1-10H3/b27-24+,52-32+.